The number of hydrogen-bond donors (Lipinski definition) is 1. The topological polar surface area (TPSA) is 32.5 Å². The molecule has 1 rings (SSSR count). The summed E-state index contributed by atoms with van der Waals surface area (Å²) in [6, 6.07) is 1.33. The third kappa shape index (κ3) is 2.19. The van der Waals surface area contributed by atoms with Crippen LogP contribution in [0.25, 0.3) is 0 Å². The third-order valence-electron chi connectivity index (χ3n) is 2.88. The van der Waals surface area contributed by atoms with Gasteiger partial charge in [0.1, 0.15) is 0 Å². The normalized spacial score (nSPS) is 34.0. The van der Waals surface area contributed by atoms with Gasteiger partial charge in [-0.3, -0.25) is 9.80 Å². The van der Waals surface area contributed by atoms with Gasteiger partial charge >= 0.3 is 0 Å². The van der Waals surface area contributed by atoms with Crippen molar-refractivity contribution in [3.8, 4) is 0 Å². The first-order valence-electron chi connectivity index (χ1n) is 4.79. The summed E-state index contributed by atoms with van der Waals surface area (Å²) >= 11 is 0. The van der Waals surface area contributed by atoms with E-state index < -0.39 is 0 Å². The summed E-state index contributed by atoms with van der Waals surface area (Å²) in [5.41, 5.74) is 5.53. The molecule has 2 unspecified atom stereocenters. The molecule has 72 valence electrons. The largest absolute Gasteiger partial charge is 0.329 e. The average molecular weight is 171 g/mol. The minimum Gasteiger partial charge on any atom is -0.329 e. The van der Waals surface area contributed by atoms with E-state index in [9.17, 15) is 0 Å². The van der Waals surface area contributed by atoms with E-state index in [0.717, 1.165) is 26.2 Å². The molecule has 0 aromatic rings. The zero-order valence-corrected chi connectivity index (χ0v) is 8.45. The minimum absolute atomic E-state index is 0.667. The van der Waals surface area contributed by atoms with Crippen LogP contribution in [0.1, 0.15) is 13.8 Å². The van der Waals surface area contributed by atoms with Crippen molar-refractivity contribution in [1.82, 2.24) is 9.80 Å². The van der Waals surface area contributed by atoms with Gasteiger partial charge in [-0.05, 0) is 20.9 Å². The first-order valence-corrected chi connectivity index (χ1v) is 4.79. The molecule has 0 saturated carbocycles. The molecule has 1 saturated heterocycles. The van der Waals surface area contributed by atoms with Gasteiger partial charge in [-0.15, -0.1) is 0 Å². The molecule has 1 aliphatic heterocycles. The average Bonchev–Trinajstić information content (AvgIpc) is 2.01. The maximum absolute atomic E-state index is 5.53. The van der Waals surface area contributed by atoms with Crippen LogP contribution in [0.4, 0.5) is 0 Å². The lowest BCUT2D eigenvalue weighted by Gasteiger charge is -2.42. The van der Waals surface area contributed by atoms with Crippen molar-refractivity contribution in [1.29, 1.82) is 0 Å². The van der Waals surface area contributed by atoms with Crippen LogP contribution in [0.3, 0.4) is 0 Å². The van der Waals surface area contributed by atoms with E-state index in [1.165, 1.54) is 0 Å². The summed E-state index contributed by atoms with van der Waals surface area (Å²) < 4.78 is 0. The number of likely N-dealkylation sites (N-methyl/N-ethyl adjacent to an activating group) is 1. The van der Waals surface area contributed by atoms with Gasteiger partial charge in [-0.2, -0.15) is 0 Å². The fourth-order valence-corrected chi connectivity index (χ4v) is 1.88. The van der Waals surface area contributed by atoms with E-state index in [1.807, 2.05) is 0 Å². The highest BCUT2D eigenvalue weighted by Gasteiger charge is 2.25. The van der Waals surface area contributed by atoms with E-state index in [4.69, 9.17) is 5.73 Å². The van der Waals surface area contributed by atoms with E-state index in [1.54, 1.807) is 0 Å². The molecule has 2 N–H and O–H groups in total. The van der Waals surface area contributed by atoms with Crippen LogP contribution >= 0.6 is 0 Å². The smallest absolute Gasteiger partial charge is 0.0195 e. The summed E-state index contributed by atoms with van der Waals surface area (Å²) in [6.45, 7) is 8.71. The van der Waals surface area contributed by atoms with Gasteiger partial charge in [-0.25, -0.2) is 0 Å². The molecule has 0 aliphatic carbocycles. The second-order valence-electron chi connectivity index (χ2n) is 3.91. The molecule has 0 radical (unpaired) electrons. The van der Waals surface area contributed by atoms with Crippen molar-refractivity contribution in [3.63, 3.8) is 0 Å². The zero-order valence-electron chi connectivity index (χ0n) is 8.45. The SMILES string of the molecule is CC1CN(CCN)CC(C)N1C. The van der Waals surface area contributed by atoms with Gasteiger partial charge in [0.05, 0.1) is 0 Å². The maximum Gasteiger partial charge on any atom is 0.0195 e. The summed E-state index contributed by atoms with van der Waals surface area (Å²) in [6.07, 6.45) is 0. The molecule has 0 aromatic heterocycles. The number of hydrogen-bond acceptors (Lipinski definition) is 3. The third-order valence-corrected chi connectivity index (χ3v) is 2.88. The predicted octanol–water partition coefficient (Wildman–Crippen LogP) is -0.0305. The first-order chi connectivity index (χ1) is 5.65. The number of rotatable bonds is 2. The molecule has 1 aliphatic rings. The number of nitrogens with two attached hydrogens (primary N) is 1. The monoisotopic (exact) mass is 171 g/mol. The lowest BCUT2D eigenvalue weighted by molar-refractivity contribution is 0.0621. The molecule has 0 aromatic carbocycles. The molecule has 0 bridgehead atoms. The Morgan fingerprint density at radius 3 is 2.17 bits per heavy atom. The maximum atomic E-state index is 5.53. The highest BCUT2D eigenvalue weighted by Crippen LogP contribution is 2.12. The van der Waals surface area contributed by atoms with Crippen molar-refractivity contribution in [2.45, 2.75) is 25.9 Å². The van der Waals surface area contributed by atoms with Crippen LogP contribution in [0, 0.1) is 0 Å². The van der Waals surface area contributed by atoms with Crippen LogP contribution in [-0.2, 0) is 0 Å². The van der Waals surface area contributed by atoms with Crippen LogP contribution in [0.15, 0.2) is 0 Å². The van der Waals surface area contributed by atoms with Crippen LogP contribution in [0.2, 0.25) is 0 Å². The fourth-order valence-electron chi connectivity index (χ4n) is 1.88. The summed E-state index contributed by atoms with van der Waals surface area (Å²) in [5.74, 6) is 0. The number of piperazine rings is 1. The van der Waals surface area contributed by atoms with E-state index in [0.29, 0.717) is 12.1 Å². The molecule has 12 heavy (non-hydrogen) atoms. The minimum atomic E-state index is 0.667. The highest BCUT2D eigenvalue weighted by molar-refractivity contribution is 4.82. The van der Waals surface area contributed by atoms with Crippen molar-refractivity contribution in [2.75, 3.05) is 33.2 Å². The Balaban J connectivity index is 2.42. The molecule has 1 heterocycles. The van der Waals surface area contributed by atoms with Gasteiger partial charge in [-0.1, -0.05) is 0 Å². The van der Waals surface area contributed by atoms with Crippen molar-refractivity contribution < 1.29 is 0 Å². The lowest BCUT2D eigenvalue weighted by Crippen LogP contribution is -2.55. The van der Waals surface area contributed by atoms with E-state index in [2.05, 4.69) is 30.7 Å². The van der Waals surface area contributed by atoms with E-state index in [-0.39, 0.29) is 0 Å². The lowest BCUT2D eigenvalue weighted by atomic mass is 10.1. The van der Waals surface area contributed by atoms with Crippen molar-refractivity contribution in [3.05, 3.63) is 0 Å². The Hall–Kier alpha value is -0.120. The van der Waals surface area contributed by atoms with Gasteiger partial charge in [0.15, 0.2) is 0 Å². The summed E-state index contributed by atoms with van der Waals surface area (Å²) in [4.78, 5) is 4.89. The molecular weight excluding hydrogens is 150 g/mol. The molecule has 0 amide bonds. The second-order valence-corrected chi connectivity index (χ2v) is 3.91. The Kier molecular flexibility index (Phi) is 3.50. The van der Waals surface area contributed by atoms with E-state index >= 15 is 0 Å². The number of nitrogens with zero attached hydrogens (tertiary/aromatic N) is 2. The highest BCUT2D eigenvalue weighted by atomic mass is 15.3. The molecule has 2 atom stereocenters. The molecule has 1 fully saturated rings. The Bertz CT molecular complexity index is 126. The van der Waals surface area contributed by atoms with Gasteiger partial charge in [0.25, 0.3) is 0 Å². The van der Waals surface area contributed by atoms with Gasteiger partial charge < -0.3 is 5.73 Å². The molecule has 3 nitrogen and oxygen atoms in total. The van der Waals surface area contributed by atoms with Crippen LogP contribution in [-0.4, -0.2) is 55.1 Å². The second kappa shape index (κ2) is 4.21. The first kappa shape index (κ1) is 9.96. The van der Waals surface area contributed by atoms with Crippen molar-refractivity contribution in [2.24, 2.45) is 5.73 Å². The quantitative estimate of drug-likeness (QED) is 0.633. The molecular formula is C9H21N3. The summed E-state index contributed by atoms with van der Waals surface area (Å²) in [7, 11) is 2.20. The predicted molar refractivity (Wildman–Crippen MR) is 52.2 cm³/mol. The standard InChI is InChI=1S/C9H21N3/c1-8-6-12(5-4-10)7-9(2)11(8)3/h8-9H,4-7,10H2,1-3H3. The summed E-state index contributed by atoms with van der Waals surface area (Å²) in [5, 5.41) is 0. The van der Waals surface area contributed by atoms with Gasteiger partial charge in [0, 0.05) is 38.3 Å². The Morgan fingerprint density at radius 2 is 1.75 bits per heavy atom. The van der Waals surface area contributed by atoms with Gasteiger partial charge in [0.2, 0.25) is 0 Å². The van der Waals surface area contributed by atoms with Crippen LogP contribution in [0.5, 0.6) is 0 Å². The molecule has 3 heteroatoms. The van der Waals surface area contributed by atoms with Crippen molar-refractivity contribution >= 4 is 0 Å². The Morgan fingerprint density at radius 1 is 1.25 bits per heavy atom. The fraction of sp³-hybridized carbons (Fsp3) is 1.00. The molecule has 0 spiro atoms. The van der Waals surface area contributed by atoms with Crippen LogP contribution < -0.4 is 5.73 Å². The Labute approximate surface area is 75.5 Å². The zero-order chi connectivity index (χ0) is 9.14.